The van der Waals surface area contributed by atoms with Gasteiger partial charge in [0.15, 0.2) is 0 Å². The summed E-state index contributed by atoms with van der Waals surface area (Å²) in [6, 6.07) is 19.4. The molecule has 0 fully saturated rings. The molecule has 1 aromatic heterocycles. The molecule has 0 spiro atoms. The molecule has 98 valence electrons. The highest BCUT2D eigenvalue weighted by molar-refractivity contribution is 5.89. The molecule has 0 atom stereocenters. The van der Waals surface area contributed by atoms with Crippen molar-refractivity contribution in [3.05, 3.63) is 66.9 Å². The van der Waals surface area contributed by atoms with Gasteiger partial charge in [-0.05, 0) is 18.2 Å². The topological polar surface area (TPSA) is 64.9 Å². The van der Waals surface area contributed by atoms with Crippen molar-refractivity contribution in [2.75, 3.05) is 11.5 Å². The van der Waals surface area contributed by atoms with E-state index in [9.17, 15) is 0 Å². The lowest BCUT2D eigenvalue weighted by atomic mass is 9.97. The minimum Gasteiger partial charge on any atom is -0.398 e. The number of benzene rings is 2. The standard InChI is InChI=1S/C17H15N3/c18-15-9-3-1-6-12(15)13-8-5-11-20-17(13)14-7-2-4-10-16(14)19/h1-11H,18-19H2. The summed E-state index contributed by atoms with van der Waals surface area (Å²) in [5.41, 5.74) is 17.3. The molecule has 0 unspecified atom stereocenters. The van der Waals surface area contributed by atoms with Crippen LogP contribution in [-0.4, -0.2) is 4.98 Å². The maximum atomic E-state index is 6.08. The number of hydrogen-bond donors (Lipinski definition) is 2. The summed E-state index contributed by atoms with van der Waals surface area (Å²) in [6.45, 7) is 0. The fourth-order valence-corrected chi connectivity index (χ4v) is 2.29. The Kier molecular flexibility index (Phi) is 3.09. The summed E-state index contributed by atoms with van der Waals surface area (Å²) in [5, 5.41) is 0. The number of hydrogen-bond acceptors (Lipinski definition) is 3. The van der Waals surface area contributed by atoms with E-state index < -0.39 is 0 Å². The molecule has 2 aromatic carbocycles. The van der Waals surface area contributed by atoms with Crippen molar-refractivity contribution in [3.8, 4) is 22.4 Å². The van der Waals surface area contributed by atoms with Crippen molar-refractivity contribution in [1.29, 1.82) is 0 Å². The molecule has 0 amide bonds. The lowest BCUT2D eigenvalue weighted by Gasteiger charge is -2.12. The monoisotopic (exact) mass is 261 g/mol. The number of anilines is 2. The second-order valence-electron chi connectivity index (χ2n) is 4.57. The van der Waals surface area contributed by atoms with E-state index in [0.29, 0.717) is 5.69 Å². The molecule has 3 heteroatoms. The molecular formula is C17H15N3. The van der Waals surface area contributed by atoms with Crippen molar-refractivity contribution >= 4 is 11.4 Å². The molecule has 1 heterocycles. The Balaban J connectivity index is 2.25. The van der Waals surface area contributed by atoms with E-state index in [2.05, 4.69) is 4.98 Å². The number of nitrogens with two attached hydrogens (primary N) is 2. The van der Waals surface area contributed by atoms with Gasteiger partial charge in [0.25, 0.3) is 0 Å². The Bertz CT molecular complexity index is 686. The third-order valence-corrected chi connectivity index (χ3v) is 3.27. The number of aromatic nitrogens is 1. The Morgan fingerprint density at radius 3 is 1.80 bits per heavy atom. The van der Waals surface area contributed by atoms with E-state index in [1.165, 1.54) is 0 Å². The molecular weight excluding hydrogens is 246 g/mol. The third kappa shape index (κ3) is 2.10. The van der Waals surface area contributed by atoms with Gasteiger partial charge in [-0.3, -0.25) is 4.98 Å². The van der Waals surface area contributed by atoms with Gasteiger partial charge in [0.05, 0.1) is 5.69 Å². The molecule has 0 bridgehead atoms. The highest BCUT2D eigenvalue weighted by Gasteiger charge is 2.12. The van der Waals surface area contributed by atoms with Gasteiger partial charge < -0.3 is 11.5 Å². The molecule has 3 aromatic rings. The van der Waals surface area contributed by atoms with E-state index >= 15 is 0 Å². The van der Waals surface area contributed by atoms with Gasteiger partial charge in [-0.1, -0.05) is 42.5 Å². The SMILES string of the molecule is Nc1ccccc1-c1cccnc1-c1ccccc1N. The van der Waals surface area contributed by atoms with E-state index in [-0.39, 0.29) is 0 Å². The van der Waals surface area contributed by atoms with Crippen molar-refractivity contribution in [1.82, 2.24) is 4.98 Å². The van der Waals surface area contributed by atoms with Crippen molar-refractivity contribution in [3.63, 3.8) is 0 Å². The highest BCUT2D eigenvalue weighted by atomic mass is 14.7. The molecule has 0 aliphatic rings. The summed E-state index contributed by atoms with van der Waals surface area (Å²) < 4.78 is 0. The second-order valence-corrected chi connectivity index (χ2v) is 4.57. The molecule has 0 radical (unpaired) electrons. The lowest BCUT2D eigenvalue weighted by Crippen LogP contribution is -1.96. The maximum absolute atomic E-state index is 6.08. The van der Waals surface area contributed by atoms with E-state index in [1.54, 1.807) is 6.20 Å². The van der Waals surface area contributed by atoms with Gasteiger partial charge >= 0.3 is 0 Å². The number of nitrogens with zero attached hydrogens (tertiary/aromatic N) is 1. The Labute approximate surface area is 117 Å². The van der Waals surface area contributed by atoms with Gasteiger partial charge in [-0.25, -0.2) is 0 Å². The summed E-state index contributed by atoms with van der Waals surface area (Å²) >= 11 is 0. The predicted molar refractivity (Wildman–Crippen MR) is 83.9 cm³/mol. The summed E-state index contributed by atoms with van der Waals surface area (Å²) in [5.74, 6) is 0. The molecule has 0 aliphatic heterocycles. The third-order valence-electron chi connectivity index (χ3n) is 3.27. The Morgan fingerprint density at radius 2 is 1.15 bits per heavy atom. The van der Waals surface area contributed by atoms with Crippen LogP contribution in [0.3, 0.4) is 0 Å². The van der Waals surface area contributed by atoms with Gasteiger partial charge in [0.2, 0.25) is 0 Å². The quantitative estimate of drug-likeness (QED) is 0.693. The number of pyridine rings is 1. The second kappa shape index (κ2) is 5.05. The van der Waals surface area contributed by atoms with Crippen LogP contribution in [0.25, 0.3) is 22.4 Å². The minimum atomic E-state index is 0.710. The Hall–Kier alpha value is -2.81. The average molecular weight is 261 g/mol. The van der Waals surface area contributed by atoms with Crippen LogP contribution in [0.4, 0.5) is 11.4 Å². The first-order valence-electron chi connectivity index (χ1n) is 6.42. The number of para-hydroxylation sites is 2. The van der Waals surface area contributed by atoms with Crippen LogP contribution >= 0.6 is 0 Å². The number of nitrogen functional groups attached to an aromatic ring is 2. The van der Waals surface area contributed by atoms with Gasteiger partial charge in [-0.2, -0.15) is 0 Å². The maximum Gasteiger partial charge on any atom is 0.0801 e. The van der Waals surface area contributed by atoms with Crippen LogP contribution in [0.5, 0.6) is 0 Å². The number of rotatable bonds is 2. The Morgan fingerprint density at radius 1 is 0.600 bits per heavy atom. The zero-order valence-corrected chi connectivity index (χ0v) is 11.0. The lowest BCUT2D eigenvalue weighted by molar-refractivity contribution is 1.33. The van der Waals surface area contributed by atoms with E-state index in [1.807, 2.05) is 60.7 Å². The van der Waals surface area contributed by atoms with Crippen LogP contribution in [0, 0.1) is 0 Å². The van der Waals surface area contributed by atoms with Crippen molar-refractivity contribution in [2.45, 2.75) is 0 Å². The fourth-order valence-electron chi connectivity index (χ4n) is 2.29. The minimum absolute atomic E-state index is 0.710. The summed E-state index contributed by atoms with van der Waals surface area (Å²) in [6.07, 6.45) is 1.77. The largest absolute Gasteiger partial charge is 0.398 e. The van der Waals surface area contributed by atoms with Crippen molar-refractivity contribution < 1.29 is 0 Å². The zero-order valence-electron chi connectivity index (χ0n) is 11.0. The normalized spacial score (nSPS) is 10.4. The smallest absolute Gasteiger partial charge is 0.0801 e. The molecule has 0 saturated carbocycles. The van der Waals surface area contributed by atoms with Crippen LogP contribution < -0.4 is 11.5 Å². The molecule has 3 rings (SSSR count). The van der Waals surface area contributed by atoms with Crippen molar-refractivity contribution in [2.24, 2.45) is 0 Å². The average Bonchev–Trinajstić information content (AvgIpc) is 2.48. The fraction of sp³-hybridized carbons (Fsp3) is 0. The summed E-state index contributed by atoms with van der Waals surface area (Å²) in [4.78, 5) is 4.49. The molecule has 20 heavy (non-hydrogen) atoms. The summed E-state index contributed by atoms with van der Waals surface area (Å²) in [7, 11) is 0. The predicted octanol–water partition coefficient (Wildman–Crippen LogP) is 3.58. The van der Waals surface area contributed by atoms with Crippen LogP contribution in [0.15, 0.2) is 66.9 Å². The van der Waals surface area contributed by atoms with Gasteiger partial charge in [-0.15, -0.1) is 0 Å². The highest BCUT2D eigenvalue weighted by Crippen LogP contribution is 2.35. The first-order valence-corrected chi connectivity index (χ1v) is 6.42. The first kappa shape index (κ1) is 12.2. The van der Waals surface area contributed by atoms with Gasteiger partial charge in [0.1, 0.15) is 0 Å². The van der Waals surface area contributed by atoms with Crippen LogP contribution in [0.1, 0.15) is 0 Å². The molecule has 0 aliphatic carbocycles. The molecule has 3 nitrogen and oxygen atoms in total. The van der Waals surface area contributed by atoms with Crippen LogP contribution in [-0.2, 0) is 0 Å². The van der Waals surface area contributed by atoms with E-state index in [4.69, 9.17) is 11.5 Å². The van der Waals surface area contributed by atoms with E-state index in [0.717, 1.165) is 28.1 Å². The zero-order chi connectivity index (χ0) is 13.9. The molecule has 0 saturated heterocycles. The van der Waals surface area contributed by atoms with Gasteiger partial charge in [0, 0.05) is 34.3 Å². The van der Waals surface area contributed by atoms with Crippen LogP contribution in [0.2, 0.25) is 0 Å². The molecule has 4 N–H and O–H groups in total. The first-order chi connectivity index (χ1) is 9.77.